The van der Waals surface area contributed by atoms with E-state index in [1.165, 1.54) is 5.56 Å². The van der Waals surface area contributed by atoms with Crippen LogP contribution in [0.5, 0.6) is 17.2 Å². The van der Waals surface area contributed by atoms with Gasteiger partial charge in [-0.05, 0) is 41.2 Å². The van der Waals surface area contributed by atoms with Crippen molar-refractivity contribution in [1.29, 1.82) is 0 Å². The number of halogens is 1. The molecule has 0 aliphatic rings. The Kier molecular flexibility index (Phi) is 7.58. The van der Waals surface area contributed by atoms with Crippen LogP contribution in [-0.4, -0.2) is 26.7 Å². The van der Waals surface area contributed by atoms with Gasteiger partial charge in [0, 0.05) is 17.6 Å². The summed E-state index contributed by atoms with van der Waals surface area (Å²) < 4.78 is 16.0. The van der Waals surface area contributed by atoms with E-state index in [4.69, 9.17) is 25.8 Å². The molecule has 28 heavy (non-hydrogen) atoms. The Morgan fingerprint density at radius 3 is 2.25 bits per heavy atom. The average molecular weight is 406 g/mol. The first-order chi connectivity index (χ1) is 13.3. The third kappa shape index (κ3) is 5.55. The van der Waals surface area contributed by atoms with Gasteiger partial charge in [-0.1, -0.05) is 44.5 Å². The van der Waals surface area contributed by atoms with Gasteiger partial charge in [-0.3, -0.25) is 4.79 Å². The van der Waals surface area contributed by atoms with Gasteiger partial charge in [-0.25, -0.2) is 0 Å². The smallest absolute Gasteiger partial charge is 0.258 e. The van der Waals surface area contributed by atoms with E-state index in [1.54, 1.807) is 26.4 Å². The molecular formula is C22H28ClNO4. The summed E-state index contributed by atoms with van der Waals surface area (Å²) in [7, 11) is 3.09. The number of rotatable bonds is 9. The van der Waals surface area contributed by atoms with Gasteiger partial charge in [-0.15, -0.1) is 0 Å². The second-order valence-corrected chi connectivity index (χ2v) is 7.53. The molecule has 0 saturated heterocycles. The minimum atomic E-state index is -0.233. The topological polar surface area (TPSA) is 56.8 Å². The van der Waals surface area contributed by atoms with Crippen LogP contribution in [0.4, 0.5) is 0 Å². The van der Waals surface area contributed by atoms with Crippen LogP contribution in [0.25, 0.3) is 0 Å². The van der Waals surface area contributed by atoms with Gasteiger partial charge in [-0.2, -0.15) is 0 Å². The SMILES string of the molecule is CCC(C)(C)c1ccc(OCC(=O)NCc2cc(OC)c(OC)cc2Cl)cc1. The summed E-state index contributed by atoms with van der Waals surface area (Å²) in [5, 5.41) is 3.29. The molecule has 0 bridgehead atoms. The zero-order valence-corrected chi connectivity index (χ0v) is 17.9. The molecular weight excluding hydrogens is 378 g/mol. The number of amides is 1. The second-order valence-electron chi connectivity index (χ2n) is 7.13. The summed E-state index contributed by atoms with van der Waals surface area (Å²) in [5.41, 5.74) is 2.10. The van der Waals surface area contributed by atoms with E-state index in [-0.39, 0.29) is 24.5 Å². The summed E-state index contributed by atoms with van der Waals surface area (Å²) in [5.74, 6) is 1.53. The lowest BCUT2D eigenvalue weighted by atomic mass is 9.82. The van der Waals surface area contributed by atoms with Crippen LogP contribution < -0.4 is 19.5 Å². The van der Waals surface area contributed by atoms with Gasteiger partial charge < -0.3 is 19.5 Å². The van der Waals surface area contributed by atoms with E-state index < -0.39 is 0 Å². The molecule has 0 unspecified atom stereocenters. The van der Waals surface area contributed by atoms with E-state index in [2.05, 4.69) is 26.1 Å². The quantitative estimate of drug-likeness (QED) is 0.654. The molecule has 2 rings (SSSR count). The molecule has 1 amide bonds. The Morgan fingerprint density at radius 1 is 1.07 bits per heavy atom. The fraction of sp³-hybridized carbons (Fsp3) is 0.409. The monoisotopic (exact) mass is 405 g/mol. The van der Waals surface area contributed by atoms with E-state index in [1.807, 2.05) is 24.3 Å². The zero-order valence-electron chi connectivity index (χ0n) is 17.1. The average Bonchev–Trinajstić information content (AvgIpc) is 2.71. The van der Waals surface area contributed by atoms with E-state index in [0.29, 0.717) is 22.3 Å². The van der Waals surface area contributed by atoms with Crippen molar-refractivity contribution in [3.63, 3.8) is 0 Å². The van der Waals surface area contributed by atoms with Crippen LogP contribution in [-0.2, 0) is 16.8 Å². The fourth-order valence-corrected chi connectivity index (χ4v) is 2.85. The lowest BCUT2D eigenvalue weighted by Gasteiger charge is -2.23. The number of hydrogen-bond acceptors (Lipinski definition) is 4. The van der Waals surface area contributed by atoms with Crippen molar-refractivity contribution in [3.8, 4) is 17.2 Å². The first kappa shape index (κ1) is 21.9. The third-order valence-electron chi connectivity index (χ3n) is 4.92. The van der Waals surface area contributed by atoms with Gasteiger partial charge in [0.1, 0.15) is 5.75 Å². The number of methoxy groups -OCH3 is 2. The van der Waals surface area contributed by atoms with Crippen LogP contribution in [0.2, 0.25) is 5.02 Å². The van der Waals surface area contributed by atoms with Crippen molar-refractivity contribution in [2.75, 3.05) is 20.8 Å². The van der Waals surface area contributed by atoms with E-state index in [9.17, 15) is 4.79 Å². The summed E-state index contributed by atoms with van der Waals surface area (Å²) >= 11 is 6.24. The Morgan fingerprint density at radius 2 is 1.68 bits per heavy atom. The Balaban J connectivity index is 1.90. The normalized spacial score (nSPS) is 11.1. The third-order valence-corrected chi connectivity index (χ3v) is 5.27. The van der Waals surface area contributed by atoms with Gasteiger partial charge in [0.2, 0.25) is 0 Å². The molecule has 0 aliphatic carbocycles. The van der Waals surface area contributed by atoms with Crippen molar-refractivity contribution >= 4 is 17.5 Å². The largest absolute Gasteiger partial charge is 0.493 e. The molecule has 6 heteroatoms. The van der Waals surface area contributed by atoms with Gasteiger partial charge >= 0.3 is 0 Å². The second kappa shape index (κ2) is 9.69. The molecule has 5 nitrogen and oxygen atoms in total. The van der Waals surface area contributed by atoms with Crippen LogP contribution in [0.15, 0.2) is 36.4 Å². The van der Waals surface area contributed by atoms with Crippen molar-refractivity contribution in [2.24, 2.45) is 0 Å². The van der Waals surface area contributed by atoms with Crippen molar-refractivity contribution in [1.82, 2.24) is 5.32 Å². The highest BCUT2D eigenvalue weighted by atomic mass is 35.5. The summed E-state index contributed by atoms with van der Waals surface area (Å²) in [6.07, 6.45) is 1.05. The minimum absolute atomic E-state index is 0.0680. The number of benzene rings is 2. The molecule has 0 spiro atoms. The van der Waals surface area contributed by atoms with Gasteiger partial charge in [0.25, 0.3) is 5.91 Å². The molecule has 0 aliphatic heterocycles. The fourth-order valence-electron chi connectivity index (χ4n) is 2.63. The summed E-state index contributed by atoms with van der Waals surface area (Å²) in [4.78, 5) is 12.1. The Hall–Kier alpha value is -2.40. The Labute approximate surface area is 171 Å². The molecule has 152 valence electrons. The van der Waals surface area contributed by atoms with Gasteiger partial charge in [0.15, 0.2) is 18.1 Å². The lowest BCUT2D eigenvalue weighted by molar-refractivity contribution is -0.123. The number of ether oxygens (including phenoxy) is 3. The highest BCUT2D eigenvalue weighted by Gasteiger charge is 2.17. The predicted molar refractivity (Wildman–Crippen MR) is 112 cm³/mol. The van der Waals surface area contributed by atoms with E-state index >= 15 is 0 Å². The molecule has 0 radical (unpaired) electrons. The Bertz CT molecular complexity index is 803. The number of nitrogens with one attached hydrogen (secondary N) is 1. The molecule has 2 aromatic carbocycles. The molecule has 1 N–H and O–H groups in total. The number of carbonyl (C=O) groups is 1. The minimum Gasteiger partial charge on any atom is -0.493 e. The molecule has 0 aromatic heterocycles. The maximum Gasteiger partial charge on any atom is 0.258 e. The van der Waals surface area contributed by atoms with Crippen molar-refractivity contribution in [2.45, 2.75) is 39.2 Å². The molecule has 0 fully saturated rings. The zero-order chi connectivity index (χ0) is 20.7. The first-order valence-electron chi connectivity index (χ1n) is 9.21. The van der Waals surface area contributed by atoms with Crippen LogP contribution in [0.1, 0.15) is 38.3 Å². The van der Waals surface area contributed by atoms with E-state index in [0.717, 1.165) is 12.0 Å². The van der Waals surface area contributed by atoms with Crippen LogP contribution in [0, 0.1) is 0 Å². The number of hydrogen-bond donors (Lipinski definition) is 1. The summed E-state index contributed by atoms with van der Waals surface area (Å²) in [6, 6.07) is 11.3. The van der Waals surface area contributed by atoms with Crippen LogP contribution in [0.3, 0.4) is 0 Å². The predicted octanol–water partition coefficient (Wildman–Crippen LogP) is 4.74. The maximum absolute atomic E-state index is 12.1. The van der Waals surface area contributed by atoms with Crippen molar-refractivity contribution in [3.05, 3.63) is 52.5 Å². The molecule has 0 heterocycles. The van der Waals surface area contributed by atoms with Gasteiger partial charge in [0.05, 0.1) is 14.2 Å². The standard InChI is InChI=1S/C22H28ClNO4/c1-6-22(2,3)16-7-9-17(10-8-16)28-14-21(25)24-13-15-11-19(26-4)20(27-5)12-18(15)23/h7-12H,6,13-14H2,1-5H3,(H,24,25). The molecule has 0 saturated carbocycles. The van der Waals surface area contributed by atoms with Crippen molar-refractivity contribution < 1.29 is 19.0 Å². The number of carbonyl (C=O) groups excluding carboxylic acids is 1. The highest BCUT2D eigenvalue weighted by Crippen LogP contribution is 2.33. The first-order valence-corrected chi connectivity index (χ1v) is 9.59. The molecule has 2 aromatic rings. The maximum atomic E-state index is 12.1. The summed E-state index contributed by atoms with van der Waals surface area (Å²) in [6.45, 7) is 6.77. The van der Waals surface area contributed by atoms with Crippen LogP contribution >= 0.6 is 11.6 Å². The molecule has 0 atom stereocenters. The lowest BCUT2D eigenvalue weighted by Crippen LogP contribution is -2.28. The highest BCUT2D eigenvalue weighted by molar-refractivity contribution is 6.31.